The van der Waals surface area contributed by atoms with Gasteiger partial charge in [-0.3, -0.25) is 0 Å². The standard InChI is InChI=1S/C22H16F7N3O/c1-20(2,3)16-9-15(33-32-16)19-30-14-8-10(7-12(18(14)31-19)22(27,28)29)17-11(21(24,25)26)5-4-6-13(17)23/h4-9H,1-3H3,(H,30,31). The molecular formula is C22H16F7N3O. The second-order valence-electron chi connectivity index (χ2n) is 8.49. The number of rotatable bonds is 2. The number of benzene rings is 2. The minimum absolute atomic E-state index is 0.0488. The normalized spacial score (nSPS) is 13.2. The van der Waals surface area contributed by atoms with Gasteiger partial charge in [0, 0.05) is 17.0 Å². The van der Waals surface area contributed by atoms with Gasteiger partial charge in [0.25, 0.3) is 0 Å². The Hall–Kier alpha value is -3.37. The molecule has 2 heterocycles. The molecule has 33 heavy (non-hydrogen) atoms. The number of aromatic nitrogens is 3. The first-order valence-corrected chi connectivity index (χ1v) is 9.61. The van der Waals surface area contributed by atoms with Crippen molar-refractivity contribution >= 4 is 11.0 Å². The first-order valence-electron chi connectivity index (χ1n) is 9.61. The average Bonchev–Trinajstić information content (AvgIpc) is 3.32. The molecule has 2 aromatic carbocycles. The molecule has 0 saturated heterocycles. The first kappa shape index (κ1) is 22.8. The van der Waals surface area contributed by atoms with Crippen LogP contribution in [0.1, 0.15) is 37.6 Å². The molecule has 4 nitrogen and oxygen atoms in total. The van der Waals surface area contributed by atoms with E-state index in [-0.39, 0.29) is 17.1 Å². The second kappa shape index (κ2) is 7.32. The van der Waals surface area contributed by atoms with Crippen molar-refractivity contribution in [3.8, 4) is 22.7 Å². The van der Waals surface area contributed by atoms with Crippen LogP contribution in [0.4, 0.5) is 30.7 Å². The number of fused-ring (bicyclic) bond motifs is 1. The Morgan fingerprint density at radius 3 is 2.12 bits per heavy atom. The summed E-state index contributed by atoms with van der Waals surface area (Å²) in [6.07, 6.45) is -9.95. The quantitative estimate of drug-likeness (QED) is 0.311. The molecule has 0 aliphatic rings. The summed E-state index contributed by atoms with van der Waals surface area (Å²) in [7, 11) is 0. The average molecular weight is 471 g/mol. The van der Waals surface area contributed by atoms with E-state index in [1.165, 1.54) is 6.07 Å². The van der Waals surface area contributed by atoms with Crippen molar-refractivity contribution in [3.63, 3.8) is 0 Å². The van der Waals surface area contributed by atoms with Crippen LogP contribution in [0.2, 0.25) is 0 Å². The molecule has 4 rings (SSSR count). The SMILES string of the molecule is CC(C)(C)c1cc(-c2nc3c(C(F)(F)F)cc(-c4c(F)cccc4C(F)(F)F)cc3[nH]2)on1. The minimum atomic E-state index is -4.98. The molecule has 11 heteroatoms. The summed E-state index contributed by atoms with van der Waals surface area (Å²) in [5.41, 5.74) is -4.94. The van der Waals surface area contributed by atoms with E-state index >= 15 is 0 Å². The molecule has 0 amide bonds. The van der Waals surface area contributed by atoms with Crippen LogP contribution in [0.25, 0.3) is 33.7 Å². The van der Waals surface area contributed by atoms with Gasteiger partial charge in [0.05, 0.1) is 22.3 Å². The molecule has 0 aliphatic heterocycles. The van der Waals surface area contributed by atoms with E-state index in [0.717, 1.165) is 18.2 Å². The third-order valence-corrected chi connectivity index (χ3v) is 5.01. The third-order valence-electron chi connectivity index (χ3n) is 5.01. The van der Waals surface area contributed by atoms with E-state index in [0.29, 0.717) is 17.8 Å². The highest BCUT2D eigenvalue weighted by Gasteiger charge is 2.38. The molecule has 0 fully saturated rings. The van der Waals surface area contributed by atoms with Crippen LogP contribution in [0.15, 0.2) is 40.9 Å². The number of nitrogens with zero attached hydrogens (tertiary/aromatic N) is 2. The van der Waals surface area contributed by atoms with Gasteiger partial charge < -0.3 is 9.51 Å². The predicted molar refractivity (Wildman–Crippen MR) is 106 cm³/mol. The monoisotopic (exact) mass is 471 g/mol. The Morgan fingerprint density at radius 2 is 1.55 bits per heavy atom. The highest BCUT2D eigenvalue weighted by Crippen LogP contribution is 2.43. The lowest BCUT2D eigenvalue weighted by Crippen LogP contribution is -2.10. The number of alkyl halides is 6. The lowest BCUT2D eigenvalue weighted by molar-refractivity contribution is -0.137. The lowest BCUT2D eigenvalue weighted by Gasteiger charge is -2.15. The van der Waals surface area contributed by atoms with Gasteiger partial charge in [0.15, 0.2) is 5.82 Å². The van der Waals surface area contributed by atoms with Gasteiger partial charge in [-0.25, -0.2) is 9.37 Å². The summed E-state index contributed by atoms with van der Waals surface area (Å²) in [6, 6.07) is 5.16. The van der Waals surface area contributed by atoms with Crippen molar-refractivity contribution < 1.29 is 35.3 Å². The van der Waals surface area contributed by atoms with Gasteiger partial charge in [-0.1, -0.05) is 32.0 Å². The van der Waals surface area contributed by atoms with Gasteiger partial charge in [0.1, 0.15) is 11.3 Å². The molecule has 0 bridgehead atoms. The maximum absolute atomic E-state index is 14.4. The highest BCUT2D eigenvalue weighted by atomic mass is 19.4. The summed E-state index contributed by atoms with van der Waals surface area (Å²) < 4.78 is 101. The molecule has 0 radical (unpaired) electrons. The fourth-order valence-corrected chi connectivity index (χ4v) is 3.39. The van der Waals surface area contributed by atoms with Crippen molar-refractivity contribution in [2.24, 2.45) is 0 Å². The van der Waals surface area contributed by atoms with Crippen LogP contribution in [0, 0.1) is 5.82 Å². The van der Waals surface area contributed by atoms with Crippen molar-refractivity contribution in [1.29, 1.82) is 0 Å². The van der Waals surface area contributed by atoms with Crippen LogP contribution < -0.4 is 0 Å². The summed E-state index contributed by atoms with van der Waals surface area (Å²) in [6.45, 7) is 5.57. The maximum Gasteiger partial charge on any atom is 0.418 e. The number of H-pyrrole nitrogens is 1. The van der Waals surface area contributed by atoms with E-state index in [1.807, 2.05) is 20.8 Å². The third kappa shape index (κ3) is 4.19. The topological polar surface area (TPSA) is 54.7 Å². The van der Waals surface area contributed by atoms with E-state index < -0.39 is 51.4 Å². The van der Waals surface area contributed by atoms with Crippen molar-refractivity contribution in [3.05, 3.63) is 59.0 Å². The number of hydrogen-bond donors (Lipinski definition) is 1. The van der Waals surface area contributed by atoms with Crippen molar-refractivity contribution in [2.75, 3.05) is 0 Å². The largest absolute Gasteiger partial charge is 0.418 e. The van der Waals surface area contributed by atoms with Crippen LogP contribution >= 0.6 is 0 Å². The number of imidazole rings is 1. The van der Waals surface area contributed by atoms with E-state index in [2.05, 4.69) is 15.1 Å². The molecule has 0 spiro atoms. The number of hydrogen-bond acceptors (Lipinski definition) is 3. The van der Waals surface area contributed by atoms with Crippen LogP contribution in [0.3, 0.4) is 0 Å². The minimum Gasteiger partial charge on any atom is -0.353 e. The Morgan fingerprint density at radius 1 is 0.879 bits per heavy atom. The fourth-order valence-electron chi connectivity index (χ4n) is 3.39. The molecule has 0 unspecified atom stereocenters. The summed E-state index contributed by atoms with van der Waals surface area (Å²) >= 11 is 0. The van der Waals surface area contributed by atoms with E-state index in [9.17, 15) is 30.7 Å². The Balaban J connectivity index is 1.97. The van der Waals surface area contributed by atoms with Gasteiger partial charge in [-0.05, 0) is 29.8 Å². The second-order valence-corrected chi connectivity index (χ2v) is 8.49. The number of aromatic amines is 1. The zero-order chi connectivity index (χ0) is 24.3. The first-order chi connectivity index (χ1) is 15.2. The summed E-state index contributed by atoms with van der Waals surface area (Å²) in [4.78, 5) is 6.58. The molecule has 0 aliphatic carbocycles. The van der Waals surface area contributed by atoms with E-state index in [4.69, 9.17) is 4.52 Å². The zero-order valence-corrected chi connectivity index (χ0v) is 17.4. The molecule has 0 atom stereocenters. The van der Waals surface area contributed by atoms with Gasteiger partial charge >= 0.3 is 12.4 Å². The van der Waals surface area contributed by atoms with Gasteiger partial charge in [-0.2, -0.15) is 26.3 Å². The summed E-state index contributed by atoms with van der Waals surface area (Å²) in [5, 5.41) is 3.89. The van der Waals surface area contributed by atoms with Gasteiger partial charge in [-0.15, -0.1) is 0 Å². The summed E-state index contributed by atoms with van der Waals surface area (Å²) in [5.74, 6) is -1.35. The molecule has 4 aromatic rings. The Bertz CT molecular complexity index is 1340. The number of halogens is 7. The predicted octanol–water partition coefficient (Wildman–Crippen LogP) is 7.36. The molecule has 0 saturated carbocycles. The number of nitrogens with one attached hydrogen (secondary N) is 1. The van der Waals surface area contributed by atoms with Crippen molar-refractivity contribution in [1.82, 2.24) is 15.1 Å². The molecule has 1 N–H and O–H groups in total. The van der Waals surface area contributed by atoms with Crippen molar-refractivity contribution in [2.45, 2.75) is 38.5 Å². The smallest absolute Gasteiger partial charge is 0.353 e. The fraction of sp³-hybridized carbons (Fsp3) is 0.273. The molecule has 174 valence electrons. The van der Waals surface area contributed by atoms with Gasteiger partial charge in [0.2, 0.25) is 5.76 Å². The van der Waals surface area contributed by atoms with Crippen LogP contribution in [0.5, 0.6) is 0 Å². The van der Waals surface area contributed by atoms with Crippen LogP contribution in [-0.2, 0) is 17.8 Å². The zero-order valence-electron chi connectivity index (χ0n) is 17.4. The van der Waals surface area contributed by atoms with Crippen LogP contribution in [-0.4, -0.2) is 15.1 Å². The maximum atomic E-state index is 14.4. The highest BCUT2D eigenvalue weighted by molar-refractivity contribution is 5.88. The van der Waals surface area contributed by atoms with E-state index in [1.54, 1.807) is 0 Å². The Labute approximate surface area is 182 Å². The lowest BCUT2D eigenvalue weighted by atomic mass is 9.92. The molecule has 2 aromatic heterocycles. The Kier molecular flexibility index (Phi) is 5.06. The molecular weight excluding hydrogens is 455 g/mol.